The lowest BCUT2D eigenvalue weighted by Gasteiger charge is -2.17. The first-order valence-corrected chi connectivity index (χ1v) is 5.43. The molecule has 72 valence electrons. The van der Waals surface area contributed by atoms with Gasteiger partial charge in [-0.3, -0.25) is 4.90 Å². The van der Waals surface area contributed by atoms with E-state index in [1.54, 1.807) is 0 Å². The van der Waals surface area contributed by atoms with Crippen LogP contribution in [-0.4, -0.2) is 24.0 Å². The van der Waals surface area contributed by atoms with Crippen molar-refractivity contribution in [3.05, 3.63) is 0 Å². The number of likely N-dealkylation sites (tertiary alicyclic amines) is 1. The number of hydrogen-bond donors (Lipinski definition) is 0. The molecule has 0 N–H and O–H groups in total. The Labute approximate surface area is 80.5 Å². The molecule has 2 rings (SSSR count). The Morgan fingerprint density at radius 1 is 1.38 bits per heavy atom. The van der Waals surface area contributed by atoms with Gasteiger partial charge in [-0.2, -0.15) is 5.26 Å². The SMILES string of the molecule is CC(C#N)N1CCC(CC2CC2)C1. The molecule has 2 aliphatic rings. The van der Waals surface area contributed by atoms with Gasteiger partial charge in [0.25, 0.3) is 0 Å². The smallest absolute Gasteiger partial charge is 0.0949 e. The lowest BCUT2D eigenvalue weighted by atomic mass is 10.0. The van der Waals surface area contributed by atoms with E-state index in [4.69, 9.17) is 5.26 Å². The molecule has 0 bridgehead atoms. The predicted molar refractivity (Wildman–Crippen MR) is 52.1 cm³/mol. The molecule has 2 atom stereocenters. The van der Waals surface area contributed by atoms with Crippen molar-refractivity contribution >= 4 is 0 Å². The van der Waals surface area contributed by atoms with Crippen LogP contribution in [0.25, 0.3) is 0 Å². The Morgan fingerprint density at radius 3 is 2.77 bits per heavy atom. The molecule has 1 heterocycles. The van der Waals surface area contributed by atoms with Crippen LogP contribution < -0.4 is 0 Å². The molecule has 2 nitrogen and oxygen atoms in total. The van der Waals surface area contributed by atoms with Crippen LogP contribution in [0.2, 0.25) is 0 Å². The van der Waals surface area contributed by atoms with E-state index in [9.17, 15) is 0 Å². The molecular weight excluding hydrogens is 160 g/mol. The van der Waals surface area contributed by atoms with Crippen LogP contribution in [-0.2, 0) is 0 Å². The fourth-order valence-electron chi connectivity index (χ4n) is 2.31. The van der Waals surface area contributed by atoms with Gasteiger partial charge in [0.15, 0.2) is 0 Å². The maximum Gasteiger partial charge on any atom is 0.0949 e. The zero-order valence-corrected chi connectivity index (χ0v) is 8.37. The first kappa shape index (κ1) is 9.02. The van der Waals surface area contributed by atoms with Crippen LogP contribution in [0.3, 0.4) is 0 Å². The Hall–Kier alpha value is -0.550. The van der Waals surface area contributed by atoms with Crippen molar-refractivity contribution < 1.29 is 0 Å². The van der Waals surface area contributed by atoms with Crippen molar-refractivity contribution in [3.63, 3.8) is 0 Å². The van der Waals surface area contributed by atoms with Gasteiger partial charge in [-0.25, -0.2) is 0 Å². The minimum Gasteiger partial charge on any atom is -0.288 e. The van der Waals surface area contributed by atoms with E-state index in [0.29, 0.717) is 0 Å². The summed E-state index contributed by atoms with van der Waals surface area (Å²) in [7, 11) is 0. The monoisotopic (exact) mass is 178 g/mol. The third-order valence-corrected chi connectivity index (χ3v) is 3.42. The molecule has 0 amide bonds. The van der Waals surface area contributed by atoms with Crippen LogP contribution in [0, 0.1) is 23.2 Å². The molecular formula is C11H18N2. The maximum atomic E-state index is 8.78. The van der Waals surface area contributed by atoms with Crippen molar-refractivity contribution in [1.29, 1.82) is 5.26 Å². The summed E-state index contributed by atoms with van der Waals surface area (Å²) in [6.45, 7) is 4.33. The molecule has 2 fully saturated rings. The van der Waals surface area contributed by atoms with Gasteiger partial charge in [0, 0.05) is 6.54 Å². The van der Waals surface area contributed by atoms with Crippen molar-refractivity contribution in [3.8, 4) is 6.07 Å². The summed E-state index contributed by atoms with van der Waals surface area (Å²) in [5, 5.41) is 8.78. The fraction of sp³-hybridized carbons (Fsp3) is 0.909. The highest BCUT2D eigenvalue weighted by molar-refractivity contribution is 4.92. The molecule has 0 aromatic carbocycles. The zero-order chi connectivity index (χ0) is 9.26. The molecule has 0 aromatic heterocycles. The molecule has 2 heteroatoms. The molecule has 0 aromatic rings. The second-order valence-corrected chi connectivity index (χ2v) is 4.63. The van der Waals surface area contributed by atoms with Crippen LogP contribution >= 0.6 is 0 Å². The van der Waals surface area contributed by atoms with E-state index in [0.717, 1.165) is 18.4 Å². The van der Waals surface area contributed by atoms with E-state index < -0.39 is 0 Å². The first-order valence-electron chi connectivity index (χ1n) is 5.43. The van der Waals surface area contributed by atoms with Gasteiger partial charge in [-0.05, 0) is 38.1 Å². The summed E-state index contributed by atoms with van der Waals surface area (Å²) in [5.41, 5.74) is 0. The van der Waals surface area contributed by atoms with Gasteiger partial charge in [0.1, 0.15) is 0 Å². The molecule has 13 heavy (non-hydrogen) atoms. The molecule has 0 spiro atoms. The second kappa shape index (κ2) is 3.67. The van der Waals surface area contributed by atoms with Gasteiger partial charge in [0.2, 0.25) is 0 Å². The third-order valence-electron chi connectivity index (χ3n) is 3.42. The van der Waals surface area contributed by atoms with E-state index in [2.05, 4.69) is 11.0 Å². The van der Waals surface area contributed by atoms with Gasteiger partial charge in [-0.1, -0.05) is 12.8 Å². The summed E-state index contributed by atoms with van der Waals surface area (Å²) in [5.74, 6) is 1.94. The van der Waals surface area contributed by atoms with E-state index in [1.807, 2.05) is 6.92 Å². The number of rotatable bonds is 3. The standard InChI is InChI=1S/C11H18N2/c1-9(7-12)13-5-4-11(8-13)6-10-2-3-10/h9-11H,2-6,8H2,1H3. The summed E-state index contributed by atoms with van der Waals surface area (Å²) < 4.78 is 0. The summed E-state index contributed by atoms with van der Waals surface area (Å²) >= 11 is 0. The van der Waals surface area contributed by atoms with Crippen LogP contribution in [0.15, 0.2) is 0 Å². The molecule has 0 radical (unpaired) electrons. The van der Waals surface area contributed by atoms with E-state index >= 15 is 0 Å². The summed E-state index contributed by atoms with van der Waals surface area (Å²) in [6, 6.07) is 2.45. The van der Waals surface area contributed by atoms with Crippen molar-refractivity contribution in [2.75, 3.05) is 13.1 Å². The van der Waals surface area contributed by atoms with Crippen LogP contribution in [0.1, 0.15) is 32.6 Å². The fourth-order valence-corrected chi connectivity index (χ4v) is 2.31. The van der Waals surface area contributed by atoms with Gasteiger partial charge >= 0.3 is 0 Å². The minimum atomic E-state index is 0.129. The van der Waals surface area contributed by atoms with E-state index in [1.165, 1.54) is 32.2 Å². The Bertz CT molecular complexity index is 215. The molecule has 1 aliphatic carbocycles. The minimum absolute atomic E-state index is 0.129. The topological polar surface area (TPSA) is 27.0 Å². The number of nitrogens with zero attached hydrogens (tertiary/aromatic N) is 2. The van der Waals surface area contributed by atoms with Crippen LogP contribution in [0.5, 0.6) is 0 Å². The average molecular weight is 178 g/mol. The Balaban J connectivity index is 1.76. The number of hydrogen-bond acceptors (Lipinski definition) is 2. The lowest BCUT2D eigenvalue weighted by Crippen LogP contribution is -2.29. The third kappa shape index (κ3) is 2.22. The van der Waals surface area contributed by atoms with Gasteiger partial charge in [0.05, 0.1) is 12.1 Å². The van der Waals surface area contributed by atoms with Crippen molar-refractivity contribution in [1.82, 2.24) is 4.90 Å². The van der Waals surface area contributed by atoms with Gasteiger partial charge < -0.3 is 0 Å². The second-order valence-electron chi connectivity index (χ2n) is 4.63. The Morgan fingerprint density at radius 2 is 2.15 bits per heavy atom. The van der Waals surface area contributed by atoms with Crippen molar-refractivity contribution in [2.24, 2.45) is 11.8 Å². The highest BCUT2D eigenvalue weighted by Crippen LogP contribution is 2.38. The predicted octanol–water partition coefficient (Wildman–Crippen LogP) is 2.02. The van der Waals surface area contributed by atoms with Gasteiger partial charge in [-0.15, -0.1) is 0 Å². The normalized spacial score (nSPS) is 31.5. The molecule has 1 aliphatic heterocycles. The number of nitriles is 1. The lowest BCUT2D eigenvalue weighted by molar-refractivity contribution is 0.288. The maximum absolute atomic E-state index is 8.78. The zero-order valence-electron chi connectivity index (χ0n) is 8.37. The van der Waals surface area contributed by atoms with Crippen LogP contribution in [0.4, 0.5) is 0 Å². The summed E-state index contributed by atoms with van der Waals surface area (Å²) in [4.78, 5) is 2.33. The quantitative estimate of drug-likeness (QED) is 0.661. The first-order chi connectivity index (χ1) is 6.29. The summed E-state index contributed by atoms with van der Waals surface area (Å²) in [6.07, 6.45) is 5.67. The highest BCUT2D eigenvalue weighted by atomic mass is 15.2. The van der Waals surface area contributed by atoms with Crippen molar-refractivity contribution in [2.45, 2.75) is 38.6 Å². The average Bonchev–Trinajstić information content (AvgIpc) is 2.81. The Kier molecular flexibility index (Phi) is 2.55. The molecule has 2 unspecified atom stereocenters. The highest BCUT2D eigenvalue weighted by Gasteiger charge is 2.31. The van der Waals surface area contributed by atoms with E-state index in [-0.39, 0.29) is 6.04 Å². The largest absolute Gasteiger partial charge is 0.288 e. The molecule has 1 saturated carbocycles. The molecule has 1 saturated heterocycles.